The molecule has 5 heteroatoms. The van der Waals surface area contributed by atoms with Gasteiger partial charge in [0.2, 0.25) is 0 Å². The molecular weight excluding hydrogens is 170 g/mol. The first-order valence-electron chi connectivity index (χ1n) is 3.87. The van der Waals surface area contributed by atoms with Crippen molar-refractivity contribution in [3.63, 3.8) is 0 Å². The Hall–Kier alpha value is -1.52. The van der Waals surface area contributed by atoms with Gasteiger partial charge in [-0.15, -0.1) is 0 Å². The second kappa shape index (κ2) is 3.08. The molecule has 0 aromatic carbocycles. The van der Waals surface area contributed by atoms with Gasteiger partial charge in [0.15, 0.2) is 5.54 Å². The number of esters is 1. The molecule has 0 aliphatic rings. The van der Waals surface area contributed by atoms with Crippen molar-refractivity contribution in [2.24, 2.45) is 0 Å². The second-order valence-corrected chi connectivity index (χ2v) is 3.27. The summed E-state index contributed by atoms with van der Waals surface area (Å²) in [5, 5.41) is 3.95. The molecule has 13 heavy (non-hydrogen) atoms. The van der Waals surface area contributed by atoms with E-state index in [2.05, 4.69) is 9.84 Å². The van der Waals surface area contributed by atoms with E-state index in [1.54, 1.807) is 20.0 Å². The summed E-state index contributed by atoms with van der Waals surface area (Å²) in [5.41, 5.74) is 5.19. The third kappa shape index (κ3) is 1.63. The van der Waals surface area contributed by atoms with E-state index in [0.29, 0.717) is 5.69 Å². The number of nitrogens with two attached hydrogens (primary N) is 1. The summed E-state index contributed by atoms with van der Waals surface area (Å²) >= 11 is 0. The molecule has 0 bridgehead atoms. The van der Waals surface area contributed by atoms with Gasteiger partial charge < -0.3 is 10.5 Å². The van der Waals surface area contributed by atoms with Crippen molar-refractivity contribution in [2.75, 3.05) is 12.8 Å². The maximum Gasteiger partial charge on any atom is 0.333 e. The Bertz CT molecular complexity index is 317. The lowest BCUT2D eigenvalue weighted by molar-refractivity contribution is -0.150. The van der Waals surface area contributed by atoms with Gasteiger partial charge in [-0.3, -0.25) is 4.68 Å². The number of methoxy groups -OCH3 is 1. The molecule has 0 fully saturated rings. The van der Waals surface area contributed by atoms with E-state index in [0.717, 1.165) is 0 Å². The van der Waals surface area contributed by atoms with Crippen LogP contribution in [0.4, 0.5) is 5.69 Å². The quantitative estimate of drug-likeness (QED) is 0.672. The van der Waals surface area contributed by atoms with E-state index in [1.807, 2.05) is 0 Å². The topological polar surface area (TPSA) is 70.1 Å². The van der Waals surface area contributed by atoms with Crippen LogP contribution in [0.2, 0.25) is 0 Å². The molecule has 0 unspecified atom stereocenters. The Labute approximate surface area is 76.5 Å². The molecule has 0 saturated heterocycles. The van der Waals surface area contributed by atoms with E-state index in [9.17, 15) is 4.79 Å². The highest BCUT2D eigenvalue weighted by atomic mass is 16.5. The number of rotatable bonds is 2. The summed E-state index contributed by atoms with van der Waals surface area (Å²) in [6, 6.07) is 0. The summed E-state index contributed by atoms with van der Waals surface area (Å²) in [7, 11) is 1.34. The molecule has 0 saturated carbocycles. The number of nitrogens with zero attached hydrogens (tertiary/aromatic N) is 2. The predicted molar refractivity (Wildman–Crippen MR) is 48.0 cm³/mol. The minimum atomic E-state index is -0.813. The van der Waals surface area contributed by atoms with Crippen molar-refractivity contribution in [1.29, 1.82) is 0 Å². The van der Waals surface area contributed by atoms with Crippen molar-refractivity contribution in [3.8, 4) is 0 Å². The zero-order valence-electron chi connectivity index (χ0n) is 7.94. The van der Waals surface area contributed by atoms with E-state index in [4.69, 9.17) is 5.73 Å². The Balaban J connectivity index is 2.99. The molecule has 0 amide bonds. The van der Waals surface area contributed by atoms with Gasteiger partial charge in [0.25, 0.3) is 0 Å². The standard InChI is InChI=1S/C8H13N3O2/c1-8(2,7(12)13-3)11-5-6(9)4-10-11/h4-5H,9H2,1-3H3. The fourth-order valence-electron chi connectivity index (χ4n) is 0.986. The second-order valence-electron chi connectivity index (χ2n) is 3.27. The van der Waals surface area contributed by atoms with Crippen LogP contribution in [-0.4, -0.2) is 22.9 Å². The van der Waals surface area contributed by atoms with E-state index in [1.165, 1.54) is 18.0 Å². The Morgan fingerprint density at radius 3 is 2.69 bits per heavy atom. The summed E-state index contributed by atoms with van der Waals surface area (Å²) in [5.74, 6) is -0.351. The fourth-order valence-corrected chi connectivity index (χ4v) is 0.986. The van der Waals surface area contributed by atoms with Crippen molar-refractivity contribution in [1.82, 2.24) is 9.78 Å². The lowest BCUT2D eigenvalue weighted by Gasteiger charge is -2.21. The molecule has 5 nitrogen and oxygen atoms in total. The molecule has 0 atom stereocenters. The third-order valence-electron chi connectivity index (χ3n) is 1.86. The van der Waals surface area contributed by atoms with Crippen LogP contribution in [0.1, 0.15) is 13.8 Å². The van der Waals surface area contributed by atoms with Crippen LogP contribution in [0.3, 0.4) is 0 Å². The number of aromatic nitrogens is 2. The first kappa shape index (κ1) is 9.57. The van der Waals surface area contributed by atoms with Gasteiger partial charge in [-0.05, 0) is 13.8 Å². The molecular formula is C8H13N3O2. The number of hydrogen-bond donors (Lipinski definition) is 1. The number of hydrogen-bond acceptors (Lipinski definition) is 4. The number of ether oxygens (including phenoxy) is 1. The zero-order chi connectivity index (χ0) is 10.1. The lowest BCUT2D eigenvalue weighted by Crippen LogP contribution is -2.37. The van der Waals surface area contributed by atoms with Gasteiger partial charge in [-0.25, -0.2) is 4.79 Å². The van der Waals surface area contributed by atoms with E-state index < -0.39 is 5.54 Å². The van der Waals surface area contributed by atoms with E-state index in [-0.39, 0.29) is 5.97 Å². The van der Waals surface area contributed by atoms with Gasteiger partial charge in [-0.1, -0.05) is 0 Å². The number of anilines is 1. The Morgan fingerprint density at radius 2 is 2.31 bits per heavy atom. The average Bonchev–Trinajstić information content (AvgIpc) is 2.50. The SMILES string of the molecule is COC(=O)C(C)(C)n1cc(N)cn1. The van der Waals surface area contributed by atoms with Crippen molar-refractivity contribution in [2.45, 2.75) is 19.4 Å². The lowest BCUT2D eigenvalue weighted by atomic mass is 10.1. The average molecular weight is 183 g/mol. The van der Waals surface area contributed by atoms with Gasteiger partial charge >= 0.3 is 5.97 Å². The number of carbonyl (C=O) groups is 1. The minimum Gasteiger partial charge on any atom is -0.467 e. The van der Waals surface area contributed by atoms with Crippen molar-refractivity contribution in [3.05, 3.63) is 12.4 Å². The predicted octanol–water partition coefficient (Wildman–Crippen LogP) is 0.373. The maximum atomic E-state index is 11.3. The molecule has 1 rings (SSSR count). The van der Waals surface area contributed by atoms with Crippen LogP contribution in [-0.2, 0) is 15.1 Å². The molecule has 72 valence electrons. The molecule has 0 aliphatic carbocycles. The molecule has 0 aliphatic heterocycles. The normalized spacial score (nSPS) is 11.3. The van der Waals surface area contributed by atoms with Crippen LogP contribution in [0.5, 0.6) is 0 Å². The number of carbonyl (C=O) groups excluding carboxylic acids is 1. The molecule has 1 aromatic heterocycles. The Kier molecular flexibility index (Phi) is 2.27. The van der Waals surface area contributed by atoms with Gasteiger partial charge in [-0.2, -0.15) is 5.10 Å². The van der Waals surface area contributed by atoms with Crippen molar-refractivity contribution < 1.29 is 9.53 Å². The fraction of sp³-hybridized carbons (Fsp3) is 0.500. The first-order valence-corrected chi connectivity index (χ1v) is 3.87. The summed E-state index contributed by atoms with van der Waals surface area (Å²) < 4.78 is 6.12. The van der Waals surface area contributed by atoms with E-state index >= 15 is 0 Å². The third-order valence-corrected chi connectivity index (χ3v) is 1.86. The molecule has 0 spiro atoms. The zero-order valence-corrected chi connectivity index (χ0v) is 7.94. The summed E-state index contributed by atoms with van der Waals surface area (Å²) in [6.07, 6.45) is 3.08. The minimum absolute atomic E-state index is 0.351. The molecule has 1 aromatic rings. The van der Waals surface area contributed by atoms with Gasteiger partial charge in [0, 0.05) is 6.20 Å². The van der Waals surface area contributed by atoms with Crippen LogP contribution in [0.15, 0.2) is 12.4 Å². The van der Waals surface area contributed by atoms with Crippen LogP contribution >= 0.6 is 0 Å². The molecule has 1 heterocycles. The van der Waals surface area contributed by atoms with Crippen LogP contribution in [0, 0.1) is 0 Å². The summed E-state index contributed by atoms with van der Waals surface area (Å²) in [6.45, 7) is 3.43. The van der Waals surface area contributed by atoms with Gasteiger partial charge in [0.1, 0.15) is 0 Å². The van der Waals surface area contributed by atoms with Crippen molar-refractivity contribution >= 4 is 11.7 Å². The monoisotopic (exact) mass is 183 g/mol. The molecule has 0 radical (unpaired) electrons. The summed E-state index contributed by atoms with van der Waals surface area (Å²) in [4.78, 5) is 11.3. The highest BCUT2D eigenvalue weighted by Crippen LogP contribution is 2.16. The van der Waals surface area contributed by atoms with Gasteiger partial charge in [0.05, 0.1) is 19.0 Å². The first-order chi connectivity index (χ1) is 5.98. The number of nitrogen functional groups attached to an aromatic ring is 1. The highest BCUT2D eigenvalue weighted by molar-refractivity contribution is 5.77. The highest BCUT2D eigenvalue weighted by Gasteiger charge is 2.31. The Morgan fingerprint density at radius 1 is 1.69 bits per heavy atom. The largest absolute Gasteiger partial charge is 0.467 e. The molecule has 2 N–H and O–H groups in total. The maximum absolute atomic E-state index is 11.3. The smallest absolute Gasteiger partial charge is 0.333 e. The van der Waals surface area contributed by atoms with Crippen LogP contribution < -0.4 is 5.73 Å². The van der Waals surface area contributed by atoms with Crippen LogP contribution in [0.25, 0.3) is 0 Å².